The molecule has 0 saturated carbocycles. The van der Waals surface area contributed by atoms with Gasteiger partial charge in [0.25, 0.3) is 5.56 Å². The molecule has 1 aliphatic rings. The smallest absolute Gasteiger partial charge is 0.330 e. The van der Waals surface area contributed by atoms with E-state index < -0.39 is 45.8 Å². The number of ether oxygens (including phenoxy) is 1. The molecule has 0 amide bonds. The van der Waals surface area contributed by atoms with Crippen LogP contribution < -0.4 is 11.2 Å². The van der Waals surface area contributed by atoms with Crippen LogP contribution in [-0.2, 0) is 13.6 Å². The minimum absolute atomic E-state index is 0.00807. The number of rotatable bonds is 7. The molecule has 0 aliphatic carbocycles. The largest absolute Gasteiger partial charge is 0.413 e. The summed E-state index contributed by atoms with van der Waals surface area (Å²) in [5, 5.41) is -0.0233. The zero-order chi connectivity index (χ0) is 26.3. The quantitative estimate of drug-likeness (QED) is 0.463. The van der Waals surface area contributed by atoms with Gasteiger partial charge in [-0.15, -0.1) is 0 Å². The van der Waals surface area contributed by atoms with Crippen molar-refractivity contribution in [3.05, 3.63) is 44.7 Å². The van der Waals surface area contributed by atoms with Crippen LogP contribution in [0.15, 0.2) is 33.5 Å². The van der Waals surface area contributed by atoms with Crippen molar-refractivity contribution in [2.24, 2.45) is 5.92 Å². The number of aromatic nitrogens is 2. The Labute approximate surface area is 211 Å². The summed E-state index contributed by atoms with van der Waals surface area (Å²) >= 11 is 6.17. The first-order valence-corrected chi connectivity index (χ1v) is 18.1. The fourth-order valence-corrected chi connectivity index (χ4v) is 6.18. The van der Waals surface area contributed by atoms with Gasteiger partial charge in [-0.2, -0.15) is 0 Å². The lowest BCUT2D eigenvalue weighted by molar-refractivity contribution is -0.0930. The van der Waals surface area contributed by atoms with Gasteiger partial charge in [-0.05, 0) is 42.3 Å². The second-order valence-corrected chi connectivity index (χ2v) is 22.3. The van der Waals surface area contributed by atoms with E-state index in [1.165, 1.54) is 22.4 Å². The van der Waals surface area contributed by atoms with Gasteiger partial charge in [0.15, 0.2) is 16.6 Å². The first-order chi connectivity index (χ1) is 15.3. The predicted molar refractivity (Wildman–Crippen MR) is 144 cm³/mol. The molecule has 0 unspecified atom stereocenters. The van der Waals surface area contributed by atoms with E-state index in [-0.39, 0.29) is 22.6 Å². The lowest BCUT2D eigenvalue weighted by Gasteiger charge is -2.44. The Morgan fingerprint density at radius 1 is 1.12 bits per heavy atom. The molecule has 1 N–H and O–H groups in total. The molecule has 1 aliphatic heterocycles. The van der Waals surface area contributed by atoms with Gasteiger partial charge in [0.2, 0.25) is 0 Å². The number of nitrogens with one attached hydrogen (secondary N) is 1. The summed E-state index contributed by atoms with van der Waals surface area (Å²) in [6.45, 7) is 24.2. The van der Waals surface area contributed by atoms with Gasteiger partial charge < -0.3 is 13.6 Å². The molecule has 34 heavy (non-hydrogen) atoms. The topological polar surface area (TPSA) is 82.6 Å². The van der Waals surface area contributed by atoms with Crippen LogP contribution in [0.5, 0.6) is 0 Å². The Balaban J connectivity index is 2.61. The summed E-state index contributed by atoms with van der Waals surface area (Å²) in [6, 6.07) is 1.32. The van der Waals surface area contributed by atoms with E-state index in [2.05, 4.69) is 72.7 Å². The molecule has 1 aromatic heterocycles. The zero-order valence-electron chi connectivity index (χ0n) is 22.6. The number of hydrogen-bond donors (Lipinski definition) is 1. The molecule has 7 nitrogen and oxygen atoms in total. The third-order valence-electron chi connectivity index (χ3n) is 7.91. The van der Waals surface area contributed by atoms with Gasteiger partial charge >= 0.3 is 5.69 Å². The highest BCUT2D eigenvalue weighted by Gasteiger charge is 2.57. The molecule has 1 fully saturated rings. The van der Waals surface area contributed by atoms with Gasteiger partial charge in [-0.3, -0.25) is 14.3 Å². The lowest BCUT2D eigenvalue weighted by Crippen LogP contribution is -2.55. The highest BCUT2D eigenvalue weighted by molar-refractivity contribution is 6.74. The molecule has 0 aromatic carbocycles. The molecule has 2 rings (SSSR count). The fourth-order valence-electron chi connectivity index (χ4n) is 3.55. The van der Waals surface area contributed by atoms with Crippen molar-refractivity contribution in [3.8, 4) is 0 Å². The van der Waals surface area contributed by atoms with Gasteiger partial charge in [-0.1, -0.05) is 60.1 Å². The third kappa shape index (κ3) is 5.87. The second kappa shape index (κ2) is 9.82. The molecular formula is C24H43ClN2O5Si2. The van der Waals surface area contributed by atoms with Crippen LogP contribution in [-0.4, -0.2) is 44.5 Å². The van der Waals surface area contributed by atoms with Crippen LogP contribution in [0.2, 0.25) is 36.3 Å². The maximum absolute atomic E-state index is 12.7. The molecule has 194 valence electrons. The van der Waals surface area contributed by atoms with Gasteiger partial charge in [0, 0.05) is 23.7 Å². The van der Waals surface area contributed by atoms with Crippen LogP contribution in [0, 0.1) is 5.92 Å². The first kappa shape index (κ1) is 29.3. The highest BCUT2D eigenvalue weighted by Crippen LogP contribution is 2.49. The van der Waals surface area contributed by atoms with Crippen LogP contribution in [0.4, 0.5) is 0 Å². The average Bonchev–Trinajstić information content (AvgIpc) is 2.91. The maximum atomic E-state index is 12.7. The number of aromatic amines is 1. The van der Waals surface area contributed by atoms with Gasteiger partial charge in [0.05, 0.1) is 12.7 Å². The summed E-state index contributed by atoms with van der Waals surface area (Å²) in [4.78, 5) is 26.7. The molecule has 2 heterocycles. The van der Waals surface area contributed by atoms with Crippen molar-refractivity contribution in [1.29, 1.82) is 0 Å². The highest BCUT2D eigenvalue weighted by atomic mass is 35.5. The monoisotopic (exact) mass is 530 g/mol. The predicted octanol–water partition coefficient (Wildman–Crippen LogP) is 5.61. The van der Waals surface area contributed by atoms with Crippen molar-refractivity contribution in [2.45, 2.75) is 103 Å². The van der Waals surface area contributed by atoms with Crippen molar-refractivity contribution in [2.75, 3.05) is 6.61 Å². The second-order valence-electron chi connectivity index (χ2n) is 12.5. The minimum atomic E-state index is -2.24. The summed E-state index contributed by atoms with van der Waals surface area (Å²) in [7, 11) is -4.37. The number of halogens is 1. The normalized spacial score (nSPS) is 27.0. The standard InChI is InChI=1S/C24H43ClN2O5Si2/c1-17-19(32-34(10,11)23(5,6)7)24(13-14-25,16-30-33(8,9)22(2,3)4)31-20(17)27-15-12-18(28)26-21(27)29/h12-15,17,19-20H,16H2,1-11H3,(H,26,28,29)/b14-13+/t17-,19-,20+,24+/m0/s1. The van der Waals surface area contributed by atoms with E-state index in [1.54, 1.807) is 6.08 Å². The van der Waals surface area contributed by atoms with E-state index in [0.717, 1.165) is 0 Å². The molecule has 4 atom stereocenters. The molecule has 1 aromatic rings. The molecule has 1 saturated heterocycles. The molecule has 0 bridgehead atoms. The van der Waals surface area contributed by atoms with E-state index >= 15 is 0 Å². The average molecular weight is 531 g/mol. The fraction of sp³-hybridized carbons (Fsp3) is 0.750. The number of H-pyrrole nitrogens is 1. The van der Waals surface area contributed by atoms with Crippen LogP contribution in [0.3, 0.4) is 0 Å². The Bertz CT molecular complexity index is 1010. The van der Waals surface area contributed by atoms with Crippen LogP contribution in [0.25, 0.3) is 0 Å². The third-order valence-corrected chi connectivity index (χ3v) is 17.0. The Kier molecular flexibility index (Phi) is 8.45. The summed E-state index contributed by atoms with van der Waals surface area (Å²) in [6.07, 6.45) is 2.21. The summed E-state index contributed by atoms with van der Waals surface area (Å²) in [5.74, 6) is -0.214. The lowest BCUT2D eigenvalue weighted by atomic mass is 9.91. The van der Waals surface area contributed by atoms with Crippen molar-refractivity contribution < 1.29 is 13.6 Å². The Morgan fingerprint density at radius 3 is 2.15 bits per heavy atom. The minimum Gasteiger partial charge on any atom is -0.413 e. The van der Waals surface area contributed by atoms with Crippen molar-refractivity contribution >= 4 is 28.2 Å². The van der Waals surface area contributed by atoms with Crippen LogP contribution >= 0.6 is 11.6 Å². The molecule has 0 radical (unpaired) electrons. The van der Waals surface area contributed by atoms with E-state index in [9.17, 15) is 9.59 Å². The summed E-state index contributed by atoms with van der Waals surface area (Å²) < 4.78 is 21.7. The van der Waals surface area contributed by atoms with Crippen molar-refractivity contribution in [3.63, 3.8) is 0 Å². The SMILES string of the molecule is C[C@@H]1[C@H](n2ccc(=O)[nH]c2=O)O[C@](/C=C/Cl)(CO[Si](C)(C)C(C)(C)C)[C@H]1O[Si](C)(C)C(C)(C)C. The summed E-state index contributed by atoms with van der Waals surface area (Å²) in [5.41, 5.74) is -0.519. The van der Waals surface area contributed by atoms with E-state index in [4.69, 9.17) is 25.2 Å². The number of hydrogen-bond acceptors (Lipinski definition) is 5. The number of nitrogens with zero attached hydrogens (tertiary/aromatic N) is 1. The van der Waals surface area contributed by atoms with Gasteiger partial charge in [0.1, 0.15) is 11.8 Å². The Hall–Kier alpha value is -0.976. The van der Waals surface area contributed by atoms with E-state index in [0.29, 0.717) is 0 Å². The zero-order valence-corrected chi connectivity index (χ0v) is 25.4. The maximum Gasteiger partial charge on any atom is 0.330 e. The molecule has 0 spiro atoms. The molecule has 10 heteroatoms. The van der Waals surface area contributed by atoms with Crippen molar-refractivity contribution in [1.82, 2.24) is 9.55 Å². The van der Waals surface area contributed by atoms with Gasteiger partial charge in [-0.25, -0.2) is 4.79 Å². The Morgan fingerprint density at radius 2 is 1.68 bits per heavy atom. The first-order valence-electron chi connectivity index (χ1n) is 11.9. The van der Waals surface area contributed by atoms with Crippen LogP contribution in [0.1, 0.15) is 54.7 Å². The van der Waals surface area contributed by atoms with E-state index in [1.807, 2.05) is 6.92 Å². The molecular weight excluding hydrogens is 488 g/mol.